The van der Waals surface area contributed by atoms with Gasteiger partial charge in [-0.15, -0.1) is 0 Å². The number of benzene rings is 1. The second-order valence-corrected chi connectivity index (χ2v) is 7.40. The van der Waals surface area contributed by atoms with Crippen molar-refractivity contribution in [1.29, 1.82) is 0 Å². The highest BCUT2D eigenvalue weighted by Crippen LogP contribution is 2.09. The fraction of sp³-hybridized carbons (Fsp3) is 0.500. The van der Waals surface area contributed by atoms with Gasteiger partial charge in [-0.3, -0.25) is 4.79 Å². The van der Waals surface area contributed by atoms with Crippen LogP contribution in [0.4, 0.5) is 4.79 Å². The number of carbonyl (C=O) groups is 2. The van der Waals surface area contributed by atoms with Gasteiger partial charge in [0.05, 0.1) is 6.04 Å². The van der Waals surface area contributed by atoms with E-state index in [0.29, 0.717) is 13.0 Å². The van der Waals surface area contributed by atoms with Crippen LogP contribution in [0.25, 0.3) is 0 Å². The van der Waals surface area contributed by atoms with Crippen molar-refractivity contribution in [3.8, 4) is 0 Å². The third kappa shape index (κ3) is 10.5. The van der Waals surface area contributed by atoms with Crippen molar-refractivity contribution in [1.82, 2.24) is 15.5 Å². The van der Waals surface area contributed by atoms with Gasteiger partial charge in [-0.2, -0.15) is 0 Å². The number of alkyl carbamates (subject to hydrolysis) is 1. The minimum absolute atomic E-state index is 0.184. The second kappa shape index (κ2) is 10.6. The summed E-state index contributed by atoms with van der Waals surface area (Å²) in [5.41, 5.74) is 0.487. The van der Waals surface area contributed by atoms with E-state index in [1.54, 1.807) is 6.08 Å². The minimum Gasteiger partial charge on any atom is -0.444 e. The van der Waals surface area contributed by atoms with E-state index < -0.39 is 11.7 Å². The van der Waals surface area contributed by atoms with Crippen LogP contribution in [0.3, 0.4) is 0 Å². The molecule has 0 aliphatic rings. The van der Waals surface area contributed by atoms with Crippen LogP contribution in [0.2, 0.25) is 0 Å². The van der Waals surface area contributed by atoms with Crippen LogP contribution < -0.4 is 10.6 Å². The van der Waals surface area contributed by atoms with E-state index in [0.717, 1.165) is 12.1 Å². The molecule has 26 heavy (non-hydrogen) atoms. The van der Waals surface area contributed by atoms with Crippen LogP contribution in [0.15, 0.2) is 42.5 Å². The number of amides is 2. The maximum absolute atomic E-state index is 12.1. The summed E-state index contributed by atoms with van der Waals surface area (Å²) in [6.45, 7) is 6.77. The molecule has 1 atom stereocenters. The SMILES string of the molecule is CN(C)CCNC(=O)/C=C/[C@H](Cc1ccccc1)NC(=O)OC(C)(C)C. The number of ether oxygens (including phenoxy) is 1. The first-order valence-electron chi connectivity index (χ1n) is 8.80. The molecule has 0 aliphatic heterocycles. The molecule has 1 rings (SSSR count). The molecule has 0 bridgehead atoms. The number of nitrogens with zero attached hydrogens (tertiary/aromatic N) is 1. The van der Waals surface area contributed by atoms with E-state index in [1.807, 2.05) is 70.1 Å². The highest BCUT2D eigenvalue weighted by atomic mass is 16.6. The van der Waals surface area contributed by atoms with Crippen molar-refractivity contribution in [2.75, 3.05) is 27.2 Å². The molecule has 2 N–H and O–H groups in total. The zero-order chi connectivity index (χ0) is 19.6. The molecule has 0 aliphatic carbocycles. The molecule has 0 spiro atoms. The van der Waals surface area contributed by atoms with E-state index >= 15 is 0 Å². The average Bonchev–Trinajstić information content (AvgIpc) is 2.51. The van der Waals surface area contributed by atoms with E-state index in [1.165, 1.54) is 6.08 Å². The normalized spacial score (nSPS) is 12.8. The summed E-state index contributed by atoms with van der Waals surface area (Å²) in [6.07, 6.45) is 3.22. The number of nitrogens with one attached hydrogen (secondary N) is 2. The highest BCUT2D eigenvalue weighted by molar-refractivity contribution is 5.87. The Morgan fingerprint density at radius 2 is 1.85 bits per heavy atom. The first-order valence-corrected chi connectivity index (χ1v) is 8.80. The van der Waals surface area contributed by atoms with Gasteiger partial charge in [0.15, 0.2) is 0 Å². The van der Waals surface area contributed by atoms with Crippen LogP contribution in [-0.2, 0) is 16.0 Å². The van der Waals surface area contributed by atoms with Crippen molar-refractivity contribution >= 4 is 12.0 Å². The molecule has 0 heterocycles. The van der Waals surface area contributed by atoms with E-state index in [9.17, 15) is 9.59 Å². The van der Waals surface area contributed by atoms with Gasteiger partial charge >= 0.3 is 6.09 Å². The maximum atomic E-state index is 12.1. The van der Waals surface area contributed by atoms with Crippen LogP contribution >= 0.6 is 0 Å². The molecule has 0 aromatic heterocycles. The monoisotopic (exact) mass is 361 g/mol. The molecular formula is C20H31N3O3. The Hall–Kier alpha value is -2.34. The molecule has 0 radical (unpaired) electrons. The van der Waals surface area contributed by atoms with Gasteiger partial charge in [0.25, 0.3) is 0 Å². The first kappa shape index (κ1) is 21.7. The lowest BCUT2D eigenvalue weighted by Crippen LogP contribution is -2.39. The summed E-state index contributed by atoms with van der Waals surface area (Å²) in [5.74, 6) is -0.184. The molecular weight excluding hydrogens is 330 g/mol. The molecule has 1 aromatic rings. The lowest BCUT2D eigenvalue weighted by atomic mass is 10.1. The molecule has 1 aromatic carbocycles. The third-order valence-electron chi connectivity index (χ3n) is 3.34. The smallest absolute Gasteiger partial charge is 0.408 e. The molecule has 2 amide bonds. The fourth-order valence-corrected chi connectivity index (χ4v) is 2.16. The molecule has 0 unspecified atom stereocenters. The minimum atomic E-state index is -0.575. The van der Waals surface area contributed by atoms with Crippen LogP contribution in [0.1, 0.15) is 26.3 Å². The Labute approximate surface area is 156 Å². The highest BCUT2D eigenvalue weighted by Gasteiger charge is 2.18. The van der Waals surface area contributed by atoms with Crippen LogP contribution in [-0.4, -0.2) is 55.7 Å². The Balaban J connectivity index is 2.69. The van der Waals surface area contributed by atoms with Crippen molar-refractivity contribution in [2.24, 2.45) is 0 Å². The van der Waals surface area contributed by atoms with E-state index in [4.69, 9.17) is 4.74 Å². The van der Waals surface area contributed by atoms with E-state index in [-0.39, 0.29) is 11.9 Å². The number of likely N-dealkylation sites (N-methyl/N-ethyl adjacent to an activating group) is 1. The predicted molar refractivity (Wildman–Crippen MR) is 104 cm³/mol. The summed E-state index contributed by atoms with van der Waals surface area (Å²) in [5, 5.41) is 5.63. The zero-order valence-corrected chi connectivity index (χ0v) is 16.4. The Morgan fingerprint density at radius 3 is 2.42 bits per heavy atom. The Bertz CT molecular complexity index is 592. The van der Waals surface area contributed by atoms with Gasteiger partial charge in [0, 0.05) is 19.2 Å². The van der Waals surface area contributed by atoms with Crippen molar-refractivity contribution < 1.29 is 14.3 Å². The number of hydrogen-bond acceptors (Lipinski definition) is 4. The van der Waals surface area contributed by atoms with Gasteiger partial charge in [-0.25, -0.2) is 4.79 Å². The number of carbonyl (C=O) groups excluding carboxylic acids is 2. The third-order valence-corrected chi connectivity index (χ3v) is 3.34. The number of rotatable bonds is 8. The molecule has 144 valence electrons. The fourth-order valence-electron chi connectivity index (χ4n) is 2.16. The lowest BCUT2D eigenvalue weighted by Gasteiger charge is -2.22. The lowest BCUT2D eigenvalue weighted by molar-refractivity contribution is -0.116. The second-order valence-electron chi connectivity index (χ2n) is 7.40. The zero-order valence-electron chi connectivity index (χ0n) is 16.4. The molecule has 0 fully saturated rings. The quantitative estimate of drug-likeness (QED) is 0.698. The topological polar surface area (TPSA) is 70.7 Å². The van der Waals surface area contributed by atoms with Gasteiger partial charge in [-0.1, -0.05) is 36.4 Å². The standard InChI is InChI=1S/C20H31N3O3/c1-20(2,3)26-19(25)22-17(15-16-9-7-6-8-10-16)11-12-18(24)21-13-14-23(4)5/h6-12,17H,13-15H2,1-5H3,(H,21,24)(H,22,25)/b12-11+/t17-/m1/s1. The molecule has 0 saturated carbocycles. The summed E-state index contributed by atoms with van der Waals surface area (Å²) >= 11 is 0. The Morgan fingerprint density at radius 1 is 1.19 bits per heavy atom. The summed E-state index contributed by atoms with van der Waals surface area (Å²) < 4.78 is 5.31. The van der Waals surface area contributed by atoms with Crippen molar-refractivity contribution in [3.63, 3.8) is 0 Å². The van der Waals surface area contributed by atoms with Gasteiger partial charge in [-0.05, 0) is 46.9 Å². The maximum Gasteiger partial charge on any atom is 0.408 e. The van der Waals surface area contributed by atoms with Crippen LogP contribution in [0.5, 0.6) is 0 Å². The van der Waals surface area contributed by atoms with Gasteiger partial charge in [0.1, 0.15) is 5.60 Å². The Kier molecular flexibility index (Phi) is 8.85. The molecule has 6 nitrogen and oxygen atoms in total. The van der Waals surface area contributed by atoms with Crippen molar-refractivity contribution in [2.45, 2.75) is 38.8 Å². The molecule has 0 saturated heterocycles. The largest absolute Gasteiger partial charge is 0.444 e. The van der Waals surface area contributed by atoms with Gasteiger partial charge < -0.3 is 20.3 Å². The van der Waals surface area contributed by atoms with Crippen LogP contribution in [0, 0.1) is 0 Å². The average molecular weight is 361 g/mol. The summed E-state index contributed by atoms with van der Waals surface area (Å²) in [7, 11) is 3.89. The number of hydrogen-bond donors (Lipinski definition) is 2. The molecule has 6 heteroatoms. The summed E-state index contributed by atoms with van der Waals surface area (Å²) in [4.78, 5) is 26.0. The first-order chi connectivity index (χ1) is 12.2. The van der Waals surface area contributed by atoms with Crippen molar-refractivity contribution in [3.05, 3.63) is 48.0 Å². The van der Waals surface area contributed by atoms with E-state index in [2.05, 4.69) is 10.6 Å². The van der Waals surface area contributed by atoms with Gasteiger partial charge in [0.2, 0.25) is 5.91 Å². The predicted octanol–water partition coefficient (Wildman–Crippen LogP) is 2.36. The summed E-state index contributed by atoms with van der Waals surface area (Å²) in [6, 6.07) is 9.44.